The van der Waals surface area contributed by atoms with E-state index in [2.05, 4.69) is 15.1 Å². The number of nitrogens with zero attached hydrogens (tertiary/aromatic N) is 2. The summed E-state index contributed by atoms with van der Waals surface area (Å²) >= 11 is 0. The maximum atomic E-state index is 13.4. The van der Waals surface area contributed by atoms with E-state index in [4.69, 9.17) is 0 Å². The van der Waals surface area contributed by atoms with E-state index in [0.29, 0.717) is 23.4 Å². The summed E-state index contributed by atoms with van der Waals surface area (Å²) in [6.07, 6.45) is 4.78. The van der Waals surface area contributed by atoms with Gasteiger partial charge in [-0.25, -0.2) is 0 Å². The molecular weight excluding hydrogens is 362 g/mol. The van der Waals surface area contributed by atoms with Crippen LogP contribution in [0.25, 0.3) is 0 Å². The minimum absolute atomic E-state index is 0.0350. The molecule has 2 saturated heterocycles. The predicted molar refractivity (Wildman–Crippen MR) is 117 cm³/mol. The van der Waals surface area contributed by atoms with Crippen molar-refractivity contribution in [2.24, 2.45) is 0 Å². The van der Waals surface area contributed by atoms with Gasteiger partial charge in [0.1, 0.15) is 5.75 Å². The summed E-state index contributed by atoms with van der Waals surface area (Å²) in [5.74, 6) is 0.259. The molecule has 2 heterocycles. The number of hydrogen-bond acceptors (Lipinski definition) is 5. The fraction of sp³-hybridized carbons (Fsp3) is 0.458. The molecule has 2 N–H and O–H groups in total. The zero-order chi connectivity index (χ0) is 20.2. The van der Waals surface area contributed by atoms with Gasteiger partial charge in [0.25, 0.3) is 0 Å². The van der Waals surface area contributed by atoms with Crippen molar-refractivity contribution in [3.8, 4) is 5.75 Å². The summed E-state index contributed by atoms with van der Waals surface area (Å²) < 4.78 is 0. The van der Waals surface area contributed by atoms with Gasteiger partial charge in [0, 0.05) is 42.5 Å². The van der Waals surface area contributed by atoms with E-state index in [0.717, 1.165) is 49.5 Å². The Hall–Kier alpha value is -2.37. The predicted octanol–water partition coefficient (Wildman–Crippen LogP) is 3.86. The van der Waals surface area contributed by atoms with Gasteiger partial charge in [-0.05, 0) is 57.9 Å². The van der Waals surface area contributed by atoms with Crippen LogP contribution in [0.3, 0.4) is 0 Å². The number of rotatable bonds is 7. The number of carbonyl (C=O) groups excluding carboxylic acids is 1. The molecule has 2 aromatic rings. The Morgan fingerprint density at radius 2 is 1.55 bits per heavy atom. The van der Waals surface area contributed by atoms with Crippen molar-refractivity contribution in [3.05, 3.63) is 58.7 Å². The van der Waals surface area contributed by atoms with Gasteiger partial charge in [0.2, 0.25) is 0 Å². The van der Waals surface area contributed by atoms with Crippen LogP contribution in [0.2, 0.25) is 0 Å². The van der Waals surface area contributed by atoms with Crippen molar-refractivity contribution in [1.29, 1.82) is 0 Å². The molecule has 0 saturated carbocycles. The largest absolute Gasteiger partial charge is 0.507 e. The third kappa shape index (κ3) is 4.31. The third-order valence-electron chi connectivity index (χ3n) is 6.19. The first-order chi connectivity index (χ1) is 14.2. The van der Waals surface area contributed by atoms with Gasteiger partial charge in [-0.15, -0.1) is 0 Å². The number of phenols is 1. The Morgan fingerprint density at radius 3 is 2.14 bits per heavy atom. The number of benzene rings is 2. The zero-order valence-electron chi connectivity index (χ0n) is 17.3. The SMILES string of the molecule is CNc1cc(CN2CCCC2)c(O)c(CN2CCCC2)c1C(=O)c1ccccc1. The highest BCUT2D eigenvalue weighted by Gasteiger charge is 2.26. The van der Waals surface area contributed by atoms with Crippen LogP contribution in [0.1, 0.15) is 52.7 Å². The number of aromatic hydroxyl groups is 1. The molecule has 5 heteroatoms. The molecular formula is C24H31N3O2. The van der Waals surface area contributed by atoms with Crippen molar-refractivity contribution in [2.75, 3.05) is 38.5 Å². The molecule has 2 aliphatic heterocycles. The molecule has 29 heavy (non-hydrogen) atoms. The van der Waals surface area contributed by atoms with Gasteiger partial charge in [0.15, 0.2) is 5.78 Å². The van der Waals surface area contributed by atoms with E-state index in [1.165, 1.54) is 25.7 Å². The Bertz CT molecular complexity index is 854. The van der Waals surface area contributed by atoms with Crippen LogP contribution < -0.4 is 5.32 Å². The Labute approximate surface area is 173 Å². The third-order valence-corrected chi connectivity index (χ3v) is 6.19. The highest BCUT2D eigenvalue weighted by atomic mass is 16.3. The molecule has 0 amide bonds. The van der Waals surface area contributed by atoms with Gasteiger partial charge < -0.3 is 10.4 Å². The van der Waals surface area contributed by atoms with Crippen molar-refractivity contribution in [3.63, 3.8) is 0 Å². The molecule has 0 bridgehead atoms. The standard InChI is InChI=1S/C24H31N3O2/c1-25-21-15-19(16-26-11-5-6-12-26)23(28)20(17-27-13-7-8-14-27)22(21)24(29)18-9-3-2-4-10-18/h2-4,9-10,15,25,28H,5-8,11-14,16-17H2,1H3. The minimum atomic E-state index is -0.0350. The quantitative estimate of drug-likeness (QED) is 0.553. The molecule has 0 atom stereocenters. The van der Waals surface area contributed by atoms with Crippen molar-refractivity contribution in [2.45, 2.75) is 38.8 Å². The van der Waals surface area contributed by atoms with Gasteiger partial charge in [-0.3, -0.25) is 14.6 Å². The minimum Gasteiger partial charge on any atom is -0.507 e. The summed E-state index contributed by atoms with van der Waals surface area (Å²) in [7, 11) is 1.85. The highest BCUT2D eigenvalue weighted by Crippen LogP contribution is 2.36. The van der Waals surface area contributed by atoms with E-state index in [-0.39, 0.29) is 5.78 Å². The molecule has 0 spiro atoms. The number of nitrogens with one attached hydrogen (secondary N) is 1. The number of phenolic OH excluding ortho intramolecular Hbond substituents is 1. The van der Waals surface area contributed by atoms with Crippen LogP contribution in [0.4, 0.5) is 5.69 Å². The molecule has 0 aromatic heterocycles. The summed E-state index contributed by atoms with van der Waals surface area (Å²) in [5, 5.41) is 14.5. The van der Waals surface area contributed by atoms with Crippen molar-refractivity contribution < 1.29 is 9.90 Å². The first-order valence-corrected chi connectivity index (χ1v) is 10.8. The van der Waals surface area contributed by atoms with Gasteiger partial charge in [-0.1, -0.05) is 30.3 Å². The average Bonchev–Trinajstić information content (AvgIpc) is 3.45. The van der Waals surface area contributed by atoms with E-state index < -0.39 is 0 Å². The second-order valence-corrected chi connectivity index (χ2v) is 8.20. The maximum Gasteiger partial charge on any atom is 0.195 e. The highest BCUT2D eigenvalue weighted by molar-refractivity contribution is 6.13. The van der Waals surface area contributed by atoms with Crippen LogP contribution in [-0.2, 0) is 13.1 Å². The van der Waals surface area contributed by atoms with Crippen LogP contribution in [-0.4, -0.2) is 53.9 Å². The molecule has 0 radical (unpaired) electrons. The second kappa shape index (κ2) is 8.97. The van der Waals surface area contributed by atoms with Crippen LogP contribution in [0.15, 0.2) is 36.4 Å². The number of carbonyl (C=O) groups is 1. The molecule has 2 aromatic carbocycles. The number of likely N-dealkylation sites (tertiary alicyclic amines) is 2. The lowest BCUT2D eigenvalue weighted by molar-refractivity contribution is 0.103. The Morgan fingerprint density at radius 1 is 0.966 bits per heavy atom. The van der Waals surface area contributed by atoms with E-state index in [1.54, 1.807) is 0 Å². The van der Waals surface area contributed by atoms with Crippen molar-refractivity contribution >= 4 is 11.5 Å². The van der Waals surface area contributed by atoms with Gasteiger partial charge in [0.05, 0.1) is 5.56 Å². The van der Waals surface area contributed by atoms with Gasteiger partial charge in [-0.2, -0.15) is 0 Å². The van der Waals surface area contributed by atoms with Gasteiger partial charge >= 0.3 is 0 Å². The number of ketones is 1. The monoisotopic (exact) mass is 393 g/mol. The summed E-state index contributed by atoms with van der Waals surface area (Å²) in [6, 6.07) is 11.3. The lowest BCUT2D eigenvalue weighted by Gasteiger charge is -2.24. The van der Waals surface area contributed by atoms with E-state index in [1.807, 2.05) is 43.4 Å². The number of hydrogen-bond donors (Lipinski definition) is 2. The molecule has 154 valence electrons. The van der Waals surface area contributed by atoms with Crippen LogP contribution in [0, 0.1) is 0 Å². The average molecular weight is 394 g/mol. The zero-order valence-corrected chi connectivity index (χ0v) is 17.3. The number of anilines is 1. The summed E-state index contributed by atoms with van der Waals surface area (Å²) in [5.41, 5.74) is 3.74. The normalized spacial score (nSPS) is 17.7. The maximum absolute atomic E-state index is 13.4. The molecule has 0 aliphatic carbocycles. The fourth-order valence-corrected chi connectivity index (χ4v) is 4.60. The Kier molecular flexibility index (Phi) is 6.16. The molecule has 0 unspecified atom stereocenters. The first-order valence-electron chi connectivity index (χ1n) is 10.8. The summed E-state index contributed by atoms with van der Waals surface area (Å²) in [6.45, 7) is 5.52. The molecule has 4 rings (SSSR count). The van der Waals surface area contributed by atoms with Crippen molar-refractivity contribution in [1.82, 2.24) is 9.80 Å². The lowest BCUT2D eigenvalue weighted by Crippen LogP contribution is -2.23. The topological polar surface area (TPSA) is 55.8 Å². The smallest absolute Gasteiger partial charge is 0.195 e. The lowest BCUT2D eigenvalue weighted by atomic mass is 9.92. The van der Waals surface area contributed by atoms with E-state index in [9.17, 15) is 9.90 Å². The fourth-order valence-electron chi connectivity index (χ4n) is 4.60. The Balaban J connectivity index is 1.78. The molecule has 2 aliphatic rings. The summed E-state index contributed by atoms with van der Waals surface area (Å²) in [4.78, 5) is 18.2. The molecule has 2 fully saturated rings. The second-order valence-electron chi connectivity index (χ2n) is 8.20. The van der Waals surface area contributed by atoms with Crippen LogP contribution >= 0.6 is 0 Å². The van der Waals surface area contributed by atoms with Crippen LogP contribution in [0.5, 0.6) is 5.75 Å². The first kappa shape index (κ1) is 19.9. The van der Waals surface area contributed by atoms with E-state index >= 15 is 0 Å². The molecule has 5 nitrogen and oxygen atoms in total.